The number of carbonyl (C=O) groups is 1. The molecule has 0 aliphatic heterocycles. The first kappa shape index (κ1) is 22.0. The predicted molar refractivity (Wildman–Crippen MR) is 109 cm³/mol. The van der Waals surface area contributed by atoms with Gasteiger partial charge >= 0.3 is 5.97 Å². The summed E-state index contributed by atoms with van der Waals surface area (Å²) in [5.74, 6) is 2.24. The first-order chi connectivity index (χ1) is 13.6. The second-order valence-electron chi connectivity index (χ2n) is 9.79. The molecule has 0 N–H and O–H groups in total. The molecule has 0 bridgehead atoms. The Labute approximate surface area is 170 Å². The van der Waals surface area contributed by atoms with Gasteiger partial charge in [0.15, 0.2) is 0 Å². The van der Waals surface area contributed by atoms with E-state index in [0.29, 0.717) is 12.8 Å². The molecule has 0 saturated heterocycles. The van der Waals surface area contributed by atoms with Crippen LogP contribution in [0.15, 0.2) is 0 Å². The lowest BCUT2D eigenvalue weighted by Crippen LogP contribution is -2.38. The normalized spacial score (nSPS) is 39.5. The van der Waals surface area contributed by atoms with E-state index in [1.165, 1.54) is 51.4 Å². The van der Waals surface area contributed by atoms with E-state index < -0.39 is 18.4 Å². The van der Waals surface area contributed by atoms with Gasteiger partial charge in [-0.15, -0.1) is 0 Å². The van der Waals surface area contributed by atoms with Crippen molar-refractivity contribution in [2.45, 2.75) is 122 Å². The molecule has 0 aromatic rings. The van der Waals surface area contributed by atoms with Crippen LogP contribution in [0.1, 0.15) is 103 Å². The highest BCUT2D eigenvalue weighted by Gasteiger charge is 2.37. The lowest BCUT2D eigenvalue weighted by Gasteiger charge is -2.38. The Kier molecular flexibility index (Phi) is 8.59. The van der Waals surface area contributed by atoms with Crippen molar-refractivity contribution < 1.29 is 18.3 Å². The number of halogens is 2. The van der Waals surface area contributed by atoms with E-state index in [9.17, 15) is 13.6 Å². The van der Waals surface area contributed by atoms with E-state index >= 15 is 0 Å². The molecule has 3 atom stereocenters. The van der Waals surface area contributed by atoms with Crippen LogP contribution in [0.2, 0.25) is 0 Å². The van der Waals surface area contributed by atoms with Crippen LogP contribution in [0.4, 0.5) is 8.78 Å². The summed E-state index contributed by atoms with van der Waals surface area (Å²) >= 11 is 0. The minimum Gasteiger partial charge on any atom is -0.459 e. The van der Waals surface area contributed by atoms with Gasteiger partial charge in [0, 0.05) is 6.42 Å². The van der Waals surface area contributed by atoms with Gasteiger partial charge in [0.25, 0.3) is 0 Å². The molecule has 3 aliphatic carbocycles. The fourth-order valence-electron chi connectivity index (χ4n) is 5.88. The van der Waals surface area contributed by atoms with E-state index in [2.05, 4.69) is 6.92 Å². The summed E-state index contributed by atoms with van der Waals surface area (Å²) in [6.07, 6.45) is 12.4. The predicted octanol–water partition coefficient (Wildman–Crippen LogP) is 6.95. The van der Waals surface area contributed by atoms with Crippen molar-refractivity contribution in [1.82, 2.24) is 0 Å². The second kappa shape index (κ2) is 10.9. The van der Waals surface area contributed by atoms with Crippen LogP contribution < -0.4 is 0 Å². The van der Waals surface area contributed by atoms with E-state index in [-0.39, 0.29) is 18.3 Å². The summed E-state index contributed by atoms with van der Waals surface area (Å²) in [6.45, 7) is 2.27. The third-order valence-corrected chi connectivity index (χ3v) is 7.80. The fourth-order valence-corrected chi connectivity index (χ4v) is 5.88. The number of esters is 1. The first-order valence-electron chi connectivity index (χ1n) is 12.1. The molecule has 2 nitrogen and oxygen atoms in total. The molecule has 4 heteroatoms. The monoisotopic (exact) mass is 398 g/mol. The number of rotatable bonds is 7. The minimum atomic E-state index is -1.34. The summed E-state index contributed by atoms with van der Waals surface area (Å²) in [5, 5.41) is 0. The van der Waals surface area contributed by atoms with E-state index in [4.69, 9.17) is 4.74 Å². The average Bonchev–Trinajstić information content (AvgIpc) is 2.71. The van der Waals surface area contributed by atoms with Crippen LogP contribution in [0.5, 0.6) is 0 Å². The van der Waals surface area contributed by atoms with Crippen LogP contribution >= 0.6 is 0 Å². The standard InChI is InChI=1S/C24H40F2O2/c1-2-3-4-5-17-6-8-18(9-7-17)19-10-12-20(13-11-19)24(27)28-23-15-14-21(25)16-22(23)26/h17-23H,2-16H2,1H3. The van der Waals surface area contributed by atoms with Gasteiger partial charge < -0.3 is 4.74 Å². The van der Waals surface area contributed by atoms with Crippen molar-refractivity contribution in [3.8, 4) is 0 Å². The van der Waals surface area contributed by atoms with E-state index in [1.807, 2.05) is 0 Å². The molecule has 28 heavy (non-hydrogen) atoms. The summed E-state index contributed by atoms with van der Waals surface area (Å²) in [4.78, 5) is 12.5. The average molecular weight is 399 g/mol. The van der Waals surface area contributed by atoms with Gasteiger partial charge in [0.05, 0.1) is 5.92 Å². The molecule has 3 unspecified atom stereocenters. The van der Waals surface area contributed by atoms with Crippen molar-refractivity contribution in [1.29, 1.82) is 0 Å². The molecule has 3 aliphatic rings. The number of alkyl halides is 2. The third-order valence-electron chi connectivity index (χ3n) is 7.80. The molecule has 3 fully saturated rings. The fraction of sp³-hybridized carbons (Fsp3) is 0.958. The lowest BCUT2D eigenvalue weighted by atomic mass is 9.68. The van der Waals surface area contributed by atoms with Gasteiger partial charge in [-0.2, -0.15) is 0 Å². The zero-order chi connectivity index (χ0) is 19.9. The van der Waals surface area contributed by atoms with Gasteiger partial charge in [-0.1, -0.05) is 45.4 Å². The number of unbranched alkanes of at least 4 members (excludes halogenated alkanes) is 2. The number of ether oxygens (including phenoxy) is 1. The number of hydrogen-bond acceptors (Lipinski definition) is 2. The summed E-state index contributed by atoms with van der Waals surface area (Å²) < 4.78 is 32.6. The number of carbonyl (C=O) groups excluding carboxylic acids is 1. The molecule has 162 valence electrons. The van der Waals surface area contributed by atoms with Crippen LogP contribution in [-0.2, 0) is 9.53 Å². The molecule has 0 radical (unpaired) electrons. The Hall–Kier alpha value is -0.670. The zero-order valence-electron chi connectivity index (χ0n) is 17.7. The number of hydrogen-bond donors (Lipinski definition) is 0. The Morgan fingerprint density at radius 1 is 0.857 bits per heavy atom. The Morgan fingerprint density at radius 2 is 1.50 bits per heavy atom. The van der Waals surface area contributed by atoms with E-state index in [1.54, 1.807) is 0 Å². The van der Waals surface area contributed by atoms with Crippen LogP contribution in [-0.4, -0.2) is 24.4 Å². The maximum absolute atomic E-state index is 13.9. The summed E-state index contributed by atoms with van der Waals surface area (Å²) in [6, 6.07) is 0. The molecule has 0 aromatic heterocycles. The third kappa shape index (κ3) is 6.16. The zero-order valence-corrected chi connectivity index (χ0v) is 17.7. The van der Waals surface area contributed by atoms with Gasteiger partial charge in [-0.25, -0.2) is 8.78 Å². The van der Waals surface area contributed by atoms with Gasteiger partial charge in [-0.05, 0) is 69.1 Å². The van der Waals surface area contributed by atoms with Crippen molar-refractivity contribution >= 4 is 5.97 Å². The van der Waals surface area contributed by atoms with Gasteiger partial charge in [-0.3, -0.25) is 4.79 Å². The molecule has 0 spiro atoms. The summed E-state index contributed by atoms with van der Waals surface area (Å²) in [7, 11) is 0. The van der Waals surface area contributed by atoms with Crippen molar-refractivity contribution in [3.63, 3.8) is 0 Å². The van der Waals surface area contributed by atoms with Crippen LogP contribution in [0, 0.1) is 23.7 Å². The molecule has 3 saturated carbocycles. The smallest absolute Gasteiger partial charge is 0.309 e. The second-order valence-corrected chi connectivity index (χ2v) is 9.79. The molecular formula is C24H40F2O2. The first-order valence-corrected chi connectivity index (χ1v) is 12.1. The van der Waals surface area contributed by atoms with Gasteiger partial charge in [0.2, 0.25) is 0 Å². The van der Waals surface area contributed by atoms with Crippen LogP contribution in [0.25, 0.3) is 0 Å². The van der Waals surface area contributed by atoms with E-state index in [0.717, 1.165) is 43.4 Å². The molecule has 0 aromatic carbocycles. The maximum atomic E-state index is 13.9. The Morgan fingerprint density at radius 3 is 2.11 bits per heavy atom. The van der Waals surface area contributed by atoms with Crippen LogP contribution in [0.3, 0.4) is 0 Å². The quantitative estimate of drug-likeness (QED) is 0.342. The van der Waals surface area contributed by atoms with Gasteiger partial charge in [0.1, 0.15) is 18.4 Å². The van der Waals surface area contributed by atoms with Crippen molar-refractivity contribution in [2.24, 2.45) is 23.7 Å². The van der Waals surface area contributed by atoms with Crippen molar-refractivity contribution in [2.75, 3.05) is 0 Å². The summed E-state index contributed by atoms with van der Waals surface area (Å²) in [5.41, 5.74) is 0. The molecule has 0 amide bonds. The van der Waals surface area contributed by atoms with Crippen molar-refractivity contribution in [3.05, 3.63) is 0 Å². The molecule has 0 heterocycles. The lowest BCUT2D eigenvalue weighted by molar-refractivity contribution is -0.162. The maximum Gasteiger partial charge on any atom is 0.309 e. The SMILES string of the molecule is CCCCCC1CCC(C2CCC(C(=O)OC3CCC(F)CC3F)CC2)CC1. The Bertz CT molecular complexity index is 467. The Balaban J connectivity index is 1.35. The highest BCUT2D eigenvalue weighted by Crippen LogP contribution is 2.42. The molecular weight excluding hydrogens is 358 g/mol. The highest BCUT2D eigenvalue weighted by molar-refractivity contribution is 5.72. The largest absolute Gasteiger partial charge is 0.459 e. The minimum absolute atomic E-state index is 0.0723. The highest BCUT2D eigenvalue weighted by atomic mass is 19.1. The molecule has 3 rings (SSSR count). The topological polar surface area (TPSA) is 26.3 Å².